The lowest BCUT2D eigenvalue weighted by Gasteiger charge is -2.52. The van der Waals surface area contributed by atoms with Crippen LogP contribution in [0.5, 0.6) is 0 Å². The summed E-state index contributed by atoms with van der Waals surface area (Å²) in [7, 11) is 0. The van der Waals surface area contributed by atoms with E-state index in [1.807, 2.05) is 30.0 Å². The van der Waals surface area contributed by atoms with Gasteiger partial charge in [-0.25, -0.2) is 14.8 Å². The van der Waals surface area contributed by atoms with Crippen LogP contribution in [-0.4, -0.2) is 33.0 Å². The fourth-order valence-electron chi connectivity index (χ4n) is 3.72. The minimum Gasteiger partial charge on any atom is -0.318 e. The number of aromatic nitrogens is 2. The number of hydrogen-bond acceptors (Lipinski definition) is 3. The van der Waals surface area contributed by atoms with E-state index in [1.165, 1.54) is 6.42 Å². The lowest BCUT2D eigenvalue weighted by Crippen LogP contribution is -2.62. The number of benzene rings is 1. The molecule has 0 saturated carbocycles. The standard InChI is InChI=1S/C18H19ClN4O/c1-11-5-6-13(7-16(11)17-20-9-12(19)10-21-17)22-18(24)23-14-3-2-4-15(23)8-14/h5-7,9-10,14-15H,2-4,8H2,1H3,(H,22,24). The van der Waals surface area contributed by atoms with Gasteiger partial charge in [0, 0.05) is 35.7 Å². The third kappa shape index (κ3) is 2.73. The number of piperidine rings is 1. The molecule has 3 heterocycles. The lowest BCUT2D eigenvalue weighted by atomic mass is 9.80. The maximum absolute atomic E-state index is 12.6. The summed E-state index contributed by atoms with van der Waals surface area (Å²) in [4.78, 5) is 23.1. The highest BCUT2D eigenvalue weighted by atomic mass is 35.5. The van der Waals surface area contributed by atoms with Crippen LogP contribution in [0, 0.1) is 6.92 Å². The van der Waals surface area contributed by atoms with Crippen molar-refractivity contribution in [1.29, 1.82) is 0 Å². The van der Waals surface area contributed by atoms with Crippen LogP contribution in [0.3, 0.4) is 0 Å². The number of amides is 2. The molecule has 1 N–H and O–H groups in total. The van der Waals surface area contributed by atoms with E-state index < -0.39 is 0 Å². The lowest BCUT2D eigenvalue weighted by molar-refractivity contribution is 0.0173. The average molecular weight is 343 g/mol. The zero-order chi connectivity index (χ0) is 16.7. The van der Waals surface area contributed by atoms with Crippen molar-refractivity contribution in [2.45, 2.75) is 44.7 Å². The quantitative estimate of drug-likeness (QED) is 0.886. The van der Waals surface area contributed by atoms with Crippen molar-refractivity contribution < 1.29 is 4.79 Å². The van der Waals surface area contributed by atoms with Crippen molar-refractivity contribution in [3.63, 3.8) is 0 Å². The molecule has 1 aromatic carbocycles. The van der Waals surface area contributed by atoms with Crippen LogP contribution in [-0.2, 0) is 0 Å². The van der Waals surface area contributed by atoms with Crippen LogP contribution in [0.25, 0.3) is 11.4 Å². The molecule has 2 aromatic rings. The summed E-state index contributed by atoms with van der Waals surface area (Å²) in [5.41, 5.74) is 2.72. The highest BCUT2D eigenvalue weighted by Gasteiger charge is 2.44. The Morgan fingerprint density at radius 2 is 1.96 bits per heavy atom. The number of nitrogens with zero attached hydrogens (tertiary/aromatic N) is 3. The van der Waals surface area contributed by atoms with E-state index >= 15 is 0 Å². The molecular formula is C18H19ClN4O. The van der Waals surface area contributed by atoms with Gasteiger partial charge in [0.1, 0.15) is 0 Å². The minimum atomic E-state index is 0.00257. The Labute approximate surface area is 146 Å². The summed E-state index contributed by atoms with van der Waals surface area (Å²) in [5, 5.41) is 3.53. The fraction of sp³-hybridized carbons (Fsp3) is 0.389. The Morgan fingerprint density at radius 3 is 2.62 bits per heavy atom. The molecule has 24 heavy (non-hydrogen) atoms. The van der Waals surface area contributed by atoms with Gasteiger partial charge in [-0.05, 0) is 50.3 Å². The van der Waals surface area contributed by atoms with Crippen molar-refractivity contribution in [3.8, 4) is 11.4 Å². The maximum atomic E-state index is 12.6. The fourth-order valence-corrected chi connectivity index (χ4v) is 3.81. The van der Waals surface area contributed by atoms with Crippen molar-refractivity contribution in [2.24, 2.45) is 0 Å². The predicted octanol–water partition coefficient (Wildman–Crippen LogP) is 4.26. The van der Waals surface area contributed by atoms with Gasteiger partial charge >= 0.3 is 6.03 Å². The molecule has 0 radical (unpaired) electrons. The molecule has 2 aliphatic heterocycles. The van der Waals surface area contributed by atoms with Gasteiger partial charge in [0.05, 0.1) is 5.02 Å². The molecule has 2 saturated heterocycles. The van der Waals surface area contributed by atoms with Crippen LogP contribution in [0.1, 0.15) is 31.2 Å². The molecule has 4 rings (SSSR count). The summed E-state index contributed by atoms with van der Waals surface area (Å²) in [6, 6.07) is 6.66. The SMILES string of the molecule is Cc1ccc(NC(=O)N2C3CCCC2C3)cc1-c1ncc(Cl)cn1. The van der Waals surface area contributed by atoms with Crippen LogP contribution in [0.2, 0.25) is 5.02 Å². The number of carbonyl (C=O) groups excluding carboxylic acids is 1. The Morgan fingerprint density at radius 1 is 1.25 bits per heavy atom. The van der Waals surface area contributed by atoms with E-state index in [9.17, 15) is 4.79 Å². The Kier molecular flexibility index (Phi) is 3.88. The summed E-state index contributed by atoms with van der Waals surface area (Å²) < 4.78 is 0. The van der Waals surface area contributed by atoms with E-state index in [4.69, 9.17) is 11.6 Å². The topological polar surface area (TPSA) is 58.1 Å². The maximum Gasteiger partial charge on any atom is 0.322 e. The Hall–Kier alpha value is -2.14. The first-order chi connectivity index (χ1) is 11.6. The van der Waals surface area contributed by atoms with Crippen molar-refractivity contribution in [1.82, 2.24) is 14.9 Å². The number of rotatable bonds is 2. The average Bonchev–Trinajstić information content (AvgIpc) is 2.58. The molecule has 124 valence electrons. The Bertz CT molecular complexity index is 763. The van der Waals surface area contributed by atoms with E-state index in [0.717, 1.165) is 36.1 Å². The normalized spacial score (nSPS) is 22.0. The van der Waals surface area contributed by atoms with Gasteiger partial charge in [-0.3, -0.25) is 0 Å². The van der Waals surface area contributed by atoms with Crippen molar-refractivity contribution in [2.75, 3.05) is 5.32 Å². The van der Waals surface area contributed by atoms with E-state index in [-0.39, 0.29) is 6.03 Å². The smallest absolute Gasteiger partial charge is 0.318 e. The zero-order valence-electron chi connectivity index (χ0n) is 13.5. The van der Waals surface area contributed by atoms with Gasteiger partial charge in [0.25, 0.3) is 0 Å². The second-order valence-corrected chi connectivity index (χ2v) is 7.00. The molecule has 5 nitrogen and oxygen atoms in total. The molecule has 2 amide bonds. The zero-order valence-corrected chi connectivity index (χ0v) is 14.3. The summed E-state index contributed by atoms with van der Waals surface area (Å²) in [6.07, 6.45) is 7.81. The van der Waals surface area contributed by atoms with Crippen LogP contribution in [0.4, 0.5) is 10.5 Å². The summed E-state index contributed by atoms with van der Waals surface area (Å²) >= 11 is 5.86. The molecule has 1 aromatic heterocycles. The number of fused-ring (bicyclic) bond motifs is 2. The van der Waals surface area contributed by atoms with Crippen molar-refractivity contribution >= 4 is 23.3 Å². The second-order valence-electron chi connectivity index (χ2n) is 6.57. The van der Waals surface area contributed by atoms with Crippen LogP contribution >= 0.6 is 11.6 Å². The van der Waals surface area contributed by atoms with Gasteiger partial charge < -0.3 is 10.2 Å². The highest BCUT2D eigenvalue weighted by molar-refractivity contribution is 6.30. The summed E-state index contributed by atoms with van der Waals surface area (Å²) in [6.45, 7) is 2.00. The number of halogens is 1. The molecule has 2 fully saturated rings. The van der Waals surface area contributed by atoms with Gasteiger partial charge in [0.2, 0.25) is 0 Å². The molecule has 2 bridgehead atoms. The first kappa shape index (κ1) is 15.4. The van der Waals surface area contributed by atoms with Crippen LogP contribution in [0.15, 0.2) is 30.6 Å². The van der Waals surface area contributed by atoms with Crippen LogP contribution < -0.4 is 5.32 Å². The van der Waals surface area contributed by atoms with E-state index in [1.54, 1.807) is 12.4 Å². The van der Waals surface area contributed by atoms with Gasteiger partial charge in [-0.1, -0.05) is 17.7 Å². The molecule has 0 aliphatic carbocycles. The number of hydrogen-bond donors (Lipinski definition) is 1. The molecule has 6 heteroatoms. The second kappa shape index (κ2) is 6.06. The molecule has 2 aliphatic rings. The highest BCUT2D eigenvalue weighted by Crippen LogP contribution is 2.38. The first-order valence-corrected chi connectivity index (χ1v) is 8.67. The molecular weight excluding hydrogens is 324 g/mol. The van der Waals surface area contributed by atoms with Gasteiger partial charge in [-0.2, -0.15) is 0 Å². The Balaban J connectivity index is 1.55. The molecule has 2 atom stereocenters. The molecule has 2 unspecified atom stereocenters. The van der Waals surface area contributed by atoms with Gasteiger partial charge in [0.15, 0.2) is 5.82 Å². The van der Waals surface area contributed by atoms with E-state index in [2.05, 4.69) is 15.3 Å². The molecule has 0 spiro atoms. The first-order valence-electron chi connectivity index (χ1n) is 8.30. The third-order valence-corrected chi connectivity index (χ3v) is 5.19. The van der Waals surface area contributed by atoms with E-state index in [0.29, 0.717) is 22.9 Å². The monoisotopic (exact) mass is 342 g/mol. The third-order valence-electron chi connectivity index (χ3n) is 4.99. The number of carbonyl (C=O) groups is 1. The number of anilines is 1. The number of urea groups is 1. The predicted molar refractivity (Wildman–Crippen MR) is 94.1 cm³/mol. The van der Waals surface area contributed by atoms with Crippen molar-refractivity contribution in [3.05, 3.63) is 41.2 Å². The largest absolute Gasteiger partial charge is 0.322 e. The number of nitrogens with one attached hydrogen (secondary N) is 1. The minimum absolute atomic E-state index is 0.00257. The number of aryl methyl sites for hydroxylation is 1. The van der Waals surface area contributed by atoms with Gasteiger partial charge in [-0.15, -0.1) is 0 Å². The summed E-state index contributed by atoms with van der Waals surface area (Å²) in [5.74, 6) is 0.605.